The minimum absolute atomic E-state index is 0.0982. The van der Waals surface area contributed by atoms with Crippen LogP contribution in [-0.2, 0) is 19.1 Å². The second kappa shape index (κ2) is 10.4. The summed E-state index contributed by atoms with van der Waals surface area (Å²) in [6.07, 6.45) is 0. The Labute approximate surface area is 201 Å². The Kier molecular flexibility index (Phi) is 7.57. The third-order valence-electron chi connectivity index (χ3n) is 5.05. The molecule has 1 N–H and O–H groups in total. The second-order valence-corrected chi connectivity index (χ2v) is 7.69. The van der Waals surface area contributed by atoms with Crippen molar-refractivity contribution in [1.29, 1.82) is 0 Å². The number of carbonyl (C=O) groups is 4. The highest BCUT2D eigenvalue weighted by Gasteiger charge is 2.38. The Morgan fingerprint density at radius 1 is 1.12 bits per heavy atom. The van der Waals surface area contributed by atoms with Crippen LogP contribution < -0.4 is 15.0 Å². The lowest BCUT2D eigenvalue weighted by molar-refractivity contribution is -0.139. The maximum absolute atomic E-state index is 13.2. The Hall–Kier alpha value is -3.85. The van der Waals surface area contributed by atoms with Gasteiger partial charge in [0.2, 0.25) is 0 Å². The predicted octanol–water partition coefficient (Wildman–Crippen LogP) is 4.16. The highest BCUT2D eigenvalue weighted by molar-refractivity contribution is 6.30. The molecule has 0 aromatic heterocycles. The summed E-state index contributed by atoms with van der Waals surface area (Å²) < 4.78 is 15.3. The summed E-state index contributed by atoms with van der Waals surface area (Å²) in [6.45, 7) is 4.58. The van der Waals surface area contributed by atoms with Crippen molar-refractivity contribution in [2.45, 2.75) is 26.8 Å². The zero-order valence-electron chi connectivity index (χ0n) is 19.0. The third kappa shape index (κ3) is 5.04. The van der Waals surface area contributed by atoms with Gasteiger partial charge in [0.25, 0.3) is 0 Å². The van der Waals surface area contributed by atoms with Crippen LogP contribution >= 0.6 is 11.6 Å². The van der Waals surface area contributed by atoms with Crippen LogP contribution in [0, 0.1) is 0 Å². The third-order valence-corrected chi connectivity index (χ3v) is 5.28. The van der Waals surface area contributed by atoms with Gasteiger partial charge >= 0.3 is 23.9 Å². The number of hydrogen-bond acceptors (Lipinski definition) is 7. The summed E-state index contributed by atoms with van der Waals surface area (Å²) in [5, 5.41) is 3.08. The van der Waals surface area contributed by atoms with Crippen molar-refractivity contribution >= 4 is 41.2 Å². The van der Waals surface area contributed by atoms with Crippen molar-refractivity contribution in [2.24, 2.45) is 0 Å². The number of nitrogens with zero attached hydrogens (tertiary/aromatic N) is 1. The molecule has 2 aromatic rings. The molecule has 0 saturated heterocycles. The molecule has 178 valence electrons. The molecule has 0 aliphatic carbocycles. The predicted molar refractivity (Wildman–Crippen MR) is 124 cm³/mol. The normalized spacial score (nSPS) is 15.5. The number of halogens is 1. The Bertz CT molecular complexity index is 1190. The summed E-state index contributed by atoms with van der Waals surface area (Å²) >= 11 is 6.07. The van der Waals surface area contributed by atoms with Gasteiger partial charge in [0.05, 0.1) is 36.6 Å². The molecule has 1 aliphatic heterocycles. The van der Waals surface area contributed by atoms with E-state index in [-0.39, 0.29) is 29.2 Å². The first kappa shape index (κ1) is 24.8. The van der Waals surface area contributed by atoms with Crippen LogP contribution in [0.3, 0.4) is 0 Å². The van der Waals surface area contributed by atoms with Gasteiger partial charge in [-0.25, -0.2) is 14.4 Å². The summed E-state index contributed by atoms with van der Waals surface area (Å²) in [4.78, 5) is 51.2. The van der Waals surface area contributed by atoms with Gasteiger partial charge in [-0.3, -0.25) is 9.69 Å². The first-order valence-corrected chi connectivity index (χ1v) is 10.7. The first-order chi connectivity index (χ1) is 16.2. The Morgan fingerprint density at radius 3 is 2.50 bits per heavy atom. The average Bonchev–Trinajstić information content (AvgIpc) is 2.78. The molecule has 0 radical (unpaired) electrons. The van der Waals surface area contributed by atoms with Crippen molar-refractivity contribution < 1.29 is 33.4 Å². The zero-order valence-corrected chi connectivity index (χ0v) is 19.8. The number of ether oxygens (including phenoxy) is 3. The van der Waals surface area contributed by atoms with E-state index in [9.17, 15) is 19.2 Å². The van der Waals surface area contributed by atoms with E-state index in [1.165, 1.54) is 31.1 Å². The number of amides is 2. The molecule has 1 unspecified atom stereocenters. The van der Waals surface area contributed by atoms with Gasteiger partial charge in [0.15, 0.2) is 0 Å². The van der Waals surface area contributed by atoms with Crippen LogP contribution in [-0.4, -0.2) is 37.7 Å². The molecule has 0 fully saturated rings. The minimum Gasteiger partial charge on any atom is -0.465 e. The van der Waals surface area contributed by atoms with Crippen LogP contribution in [0.25, 0.3) is 0 Å². The standard InChI is InChI=1S/C24H23ClN2O7/c1-5-33-23(30)20-13(2)27(17-8-6-7-15(11-17)22(29)32-4)24(31)26-21(20)18-10-9-16(25)12-19(18)34-14(3)28/h6-12,21H,5H2,1-4H3,(H,26,31). The SMILES string of the molecule is CCOC(=O)C1=C(C)N(c2cccc(C(=O)OC)c2)C(=O)NC1c1ccc(Cl)cc1OC(C)=O. The molecule has 1 atom stereocenters. The number of benzene rings is 2. The van der Waals surface area contributed by atoms with Crippen molar-refractivity contribution in [3.8, 4) is 5.75 Å². The minimum atomic E-state index is -0.988. The van der Waals surface area contributed by atoms with E-state index in [2.05, 4.69) is 5.32 Å². The van der Waals surface area contributed by atoms with Gasteiger partial charge in [-0.1, -0.05) is 23.7 Å². The van der Waals surface area contributed by atoms with E-state index in [0.717, 1.165) is 0 Å². The van der Waals surface area contributed by atoms with Crippen molar-refractivity contribution in [2.75, 3.05) is 18.6 Å². The molecule has 0 spiro atoms. The molecule has 1 heterocycles. The van der Waals surface area contributed by atoms with Gasteiger partial charge in [0, 0.05) is 23.2 Å². The number of hydrogen-bond donors (Lipinski definition) is 1. The summed E-state index contributed by atoms with van der Waals surface area (Å²) in [5.74, 6) is -1.73. The van der Waals surface area contributed by atoms with Gasteiger partial charge in [0.1, 0.15) is 5.75 Å². The molecule has 2 aromatic carbocycles. The second-order valence-electron chi connectivity index (χ2n) is 7.26. The lowest BCUT2D eigenvalue weighted by Gasteiger charge is -2.35. The monoisotopic (exact) mass is 486 g/mol. The number of nitrogens with one attached hydrogen (secondary N) is 1. The molecular formula is C24H23ClN2O7. The number of urea groups is 1. The molecule has 2 amide bonds. The summed E-state index contributed by atoms with van der Waals surface area (Å²) in [6, 6.07) is 9.22. The molecule has 34 heavy (non-hydrogen) atoms. The number of rotatable bonds is 6. The molecule has 3 rings (SSSR count). The molecular weight excluding hydrogens is 464 g/mol. The number of methoxy groups -OCH3 is 1. The summed E-state index contributed by atoms with van der Waals surface area (Å²) in [5.41, 5.74) is 1.32. The van der Waals surface area contributed by atoms with Gasteiger partial charge in [-0.05, 0) is 44.2 Å². The van der Waals surface area contributed by atoms with E-state index in [4.69, 9.17) is 25.8 Å². The van der Waals surface area contributed by atoms with Crippen LogP contribution in [0.1, 0.15) is 42.7 Å². The highest BCUT2D eigenvalue weighted by atomic mass is 35.5. The van der Waals surface area contributed by atoms with Crippen LogP contribution in [0.5, 0.6) is 5.75 Å². The lowest BCUT2D eigenvalue weighted by atomic mass is 9.93. The first-order valence-electron chi connectivity index (χ1n) is 10.3. The van der Waals surface area contributed by atoms with Gasteiger partial charge in [-0.2, -0.15) is 0 Å². The fourth-order valence-corrected chi connectivity index (χ4v) is 3.80. The van der Waals surface area contributed by atoms with Crippen molar-refractivity contribution in [1.82, 2.24) is 5.32 Å². The molecule has 0 saturated carbocycles. The molecule has 10 heteroatoms. The number of allylic oxidation sites excluding steroid dienone is 1. The highest BCUT2D eigenvalue weighted by Crippen LogP contribution is 2.38. The maximum atomic E-state index is 13.2. The smallest absolute Gasteiger partial charge is 0.338 e. The average molecular weight is 487 g/mol. The zero-order chi connectivity index (χ0) is 25.0. The maximum Gasteiger partial charge on any atom is 0.338 e. The topological polar surface area (TPSA) is 111 Å². The van der Waals surface area contributed by atoms with Crippen LogP contribution in [0.2, 0.25) is 5.02 Å². The molecule has 1 aliphatic rings. The molecule has 0 bridgehead atoms. The van der Waals surface area contributed by atoms with Crippen LogP contribution in [0.15, 0.2) is 53.7 Å². The fraction of sp³-hybridized carbons (Fsp3) is 0.250. The van der Waals surface area contributed by atoms with Crippen LogP contribution in [0.4, 0.5) is 10.5 Å². The number of esters is 3. The summed E-state index contributed by atoms with van der Waals surface area (Å²) in [7, 11) is 1.25. The quantitative estimate of drug-likeness (QED) is 0.482. The van der Waals surface area contributed by atoms with E-state index in [1.807, 2.05) is 0 Å². The van der Waals surface area contributed by atoms with E-state index < -0.39 is 30.0 Å². The lowest BCUT2D eigenvalue weighted by Crippen LogP contribution is -2.48. The van der Waals surface area contributed by atoms with Crippen molar-refractivity contribution in [3.05, 3.63) is 69.9 Å². The fourth-order valence-electron chi connectivity index (χ4n) is 3.64. The van der Waals surface area contributed by atoms with Gasteiger partial charge in [-0.15, -0.1) is 0 Å². The molecule has 9 nitrogen and oxygen atoms in total. The number of carbonyl (C=O) groups excluding carboxylic acids is 4. The van der Waals surface area contributed by atoms with Gasteiger partial charge < -0.3 is 19.5 Å². The van der Waals surface area contributed by atoms with E-state index in [0.29, 0.717) is 16.3 Å². The number of anilines is 1. The van der Waals surface area contributed by atoms with E-state index >= 15 is 0 Å². The Balaban J connectivity index is 2.18. The van der Waals surface area contributed by atoms with Crippen molar-refractivity contribution in [3.63, 3.8) is 0 Å². The Morgan fingerprint density at radius 2 is 1.85 bits per heavy atom. The largest absolute Gasteiger partial charge is 0.465 e. The van der Waals surface area contributed by atoms with E-state index in [1.54, 1.807) is 44.2 Å².